The van der Waals surface area contributed by atoms with Crippen molar-refractivity contribution in [1.82, 2.24) is 19.4 Å². The van der Waals surface area contributed by atoms with Gasteiger partial charge in [-0.15, -0.1) is 0 Å². The van der Waals surface area contributed by atoms with Gasteiger partial charge >= 0.3 is 0 Å². The van der Waals surface area contributed by atoms with E-state index in [1.54, 1.807) is 0 Å². The quantitative estimate of drug-likeness (QED) is 0.524. The van der Waals surface area contributed by atoms with Crippen LogP contribution in [-0.4, -0.2) is 69.0 Å². The molecule has 0 radical (unpaired) electrons. The lowest BCUT2D eigenvalue weighted by molar-refractivity contribution is 0.188. The van der Waals surface area contributed by atoms with E-state index in [1.165, 1.54) is 11.3 Å². The number of anilines is 3. The van der Waals surface area contributed by atoms with E-state index in [1.807, 2.05) is 37.0 Å². The Labute approximate surface area is 189 Å². The molecule has 8 heteroatoms. The molecule has 8 nitrogen and oxygen atoms in total. The highest BCUT2D eigenvalue weighted by Gasteiger charge is 2.18. The molecule has 0 amide bonds. The molecule has 1 saturated heterocycles. The van der Waals surface area contributed by atoms with Gasteiger partial charge in [-0.25, -0.2) is 4.98 Å². The molecule has 3 N–H and O–H groups in total. The van der Waals surface area contributed by atoms with Gasteiger partial charge in [0.05, 0.1) is 13.2 Å². The van der Waals surface area contributed by atoms with Crippen molar-refractivity contribution in [1.29, 1.82) is 0 Å². The number of benzene rings is 1. The molecule has 0 spiro atoms. The van der Waals surface area contributed by atoms with Crippen molar-refractivity contribution in [3.8, 4) is 5.82 Å². The Bertz CT molecular complexity index is 1070. The van der Waals surface area contributed by atoms with E-state index in [2.05, 4.69) is 45.2 Å². The number of β-amino-alcohol motifs (C(OH)–C–C–N with tert-alkyl or cyclic N) is 1. The van der Waals surface area contributed by atoms with Crippen molar-refractivity contribution in [3.63, 3.8) is 0 Å². The average Bonchev–Trinajstić information content (AvgIpc) is 3.16. The van der Waals surface area contributed by atoms with E-state index in [-0.39, 0.29) is 13.2 Å². The molecule has 2 aromatic heterocycles. The summed E-state index contributed by atoms with van der Waals surface area (Å²) in [5, 5.41) is 22.0. The number of aromatic nitrogens is 3. The van der Waals surface area contributed by atoms with E-state index < -0.39 is 0 Å². The number of hydrogen-bond donors (Lipinski definition) is 3. The molecule has 170 valence electrons. The van der Waals surface area contributed by atoms with Crippen LogP contribution >= 0.6 is 0 Å². The van der Waals surface area contributed by atoms with Gasteiger partial charge in [-0.05, 0) is 55.7 Å². The van der Waals surface area contributed by atoms with Gasteiger partial charge in [0.1, 0.15) is 5.82 Å². The molecule has 3 heterocycles. The summed E-state index contributed by atoms with van der Waals surface area (Å²) in [6, 6.07) is 6.34. The van der Waals surface area contributed by atoms with Gasteiger partial charge in [0, 0.05) is 68.3 Å². The number of aryl methyl sites for hydroxylation is 3. The van der Waals surface area contributed by atoms with Crippen molar-refractivity contribution in [2.24, 2.45) is 0 Å². The Balaban J connectivity index is 1.49. The molecule has 1 aliphatic heterocycles. The van der Waals surface area contributed by atoms with Crippen LogP contribution in [0.1, 0.15) is 22.3 Å². The maximum atomic E-state index is 9.50. The summed E-state index contributed by atoms with van der Waals surface area (Å²) in [6.45, 7) is 10.9. The third-order valence-corrected chi connectivity index (χ3v) is 6.08. The zero-order valence-corrected chi connectivity index (χ0v) is 19.0. The summed E-state index contributed by atoms with van der Waals surface area (Å²) >= 11 is 0. The molecule has 4 rings (SSSR count). The van der Waals surface area contributed by atoms with Crippen LogP contribution in [0.5, 0.6) is 0 Å². The van der Waals surface area contributed by atoms with Crippen LogP contribution in [0.4, 0.5) is 17.3 Å². The van der Waals surface area contributed by atoms with Crippen molar-refractivity contribution >= 4 is 17.3 Å². The molecule has 32 heavy (non-hydrogen) atoms. The van der Waals surface area contributed by atoms with Gasteiger partial charge in [-0.3, -0.25) is 4.90 Å². The largest absolute Gasteiger partial charge is 0.395 e. The molecule has 0 saturated carbocycles. The summed E-state index contributed by atoms with van der Waals surface area (Å²) in [4.78, 5) is 13.9. The Morgan fingerprint density at radius 1 is 0.969 bits per heavy atom. The fraction of sp³-hybridized carbons (Fsp3) is 0.417. The number of rotatable bonds is 7. The summed E-state index contributed by atoms with van der Waals surface area (Å²) in [5.41, 5.74) is 6.27. The number of aliphatic hydroxyl groups is 2. The Hall–Kier alpha value is -2.94. The first-order valence-corrected chi connectivity index (χ1v) is 11.1. The highest BCUT2D eigenvalue weighted by atomic mass is 16.3. The summed E-state index contributed by atoms with van der Waals surface area (Å²) < 4.78 is 1.94. The van der Waals surface area contributed by atoms with Crippen LogP contribution in [0.2, 0.25) is 0 Å². The fourth-order valence-electron chi connectivity index (χ4n) is 4.21. The standard InChI is InChI=1S/C24H32N6O2/c1-17-12-21(4-5-22(17)29-8-6-28(7-9-29)10-11-31)26-24-25-13-18(2)23(27-24)30-14-19(3)20(15-30)16-32/h4-5,12-15,31-32H,6-11,16H2,1-3H3,(H,25,26,27). The number of aliphatic hydroxyl groups excluding tert-OH is 2. The predicted molar refractivity (Wildman–Crippen MR) is 127 cm³/mol. The SMILES string of the molecule is Cc1cn(-c2nc(Nc3ccc(N4CCN(CCO)CC4)c(C)c3)ncc2C)cc1CO. The molecule has 0 atom stereocenters. The van der Waals surface area contributed by atoms with Crippen molar-refractivity contribution in [3.05, 3.63) is 59.0 Å². The second-order valence-corrected chi connectivity index (χ2v) is 8.41. The van der Waals surface area contributed by atoms with E-state index in [0.717, 1.165) is 60.9 Å². The van der Waals surface area contributed by atoms with Gasteiger partial charge < -0.3 is 25.0 Å². The first-order valence-electron chi connectivity index (χ1n) is 11.1. The van der Waals surface area contributed by atoms with E-state index >= 15 is 0 Å². The van der Waals surface area contributed by atoms with Gasteiger partial charge in [0.15, 0.2) is 0 Å². The Morgan fingerprint density at radius 2 is 1.75 bits per heavy atom. The van der Waals surface area contributed by atoms with Crippen LogP contribution in [0.3, 0.4) is 0 Å². The van der Waals surface area contributed by atoms with Crippen LogP contribution in [0.15, 0.2) is 36.8 Å². The monoisotopic (exact) mass is 436 g/mol. The molecule has 3 aromatic rings. The van der Waals surface area contributed by atoms with E-state index in [0.29, 0.717) is 5.95 Å². The molecule has 1 aliphatic rings. The molecular formula is C24H32N6O2. The zero-order chi connectivity index (χ0) is 22.7. The Morgan fingerprint density at radius 3 is 2.41 bits per heavy atom. The third-order valence-electron chi connectivity index (χ3n) is 6.08. The maximum absolute atomic E-state index is 9.50. The normalized spacial score (nSPS) is 14.7. The van der Waals surface area contributed by atoms with Crippen LogP contribution in [0, 0.1) is 20.8 Å². The molecule has 0 aliphatic carbocycles. The molecule has 0 bridgehead atoms. The Kier molecular flexibility index (Phi) is 6.74. The highest BCUT2D eigenvalue weighted by molar-refractivity contribution is 5.64. The number of nitrogens with one attached hydrogen (secondary N) is 1. The van der Waals surface area contributed by atoms with Gasteiger partial charge in [-0.1, -0.05) is 0 Å². The van der Waals surface area contributed by atoms with Crippen LogP contribution in [-0.2, 0) is 6.61 Å². The minimum absolute atomic E-state index is 0.0101. The minimum Gasteiger partial charge on any atom is -0.395 e. The van der Waals surface area contributed by atoms with Crippen LogP contribution < -0.4 is 10.2 Å². The van der Waals surface area contributed by atoms with E-state index in [9.17, 15) is 5.11 Å². The molecular weight excluding hydrogens is 404 g/mol. The number of hydrogen-bond acceptors (Lipinski definition) is 7. The first kappa shape index (κ1) is 22.3. The summed E-state index contributed by atoms with van der Waals surface area (Å²) in [7, 11) is 0. The topological polar surface area (TPSA) is 89.7 Å². The maximum Gasteiger partial charge on any atom is 0.229 e. The van der Waals surface area contributed by atoms with Crippen LogP contribution in [0.25, 0.3) is 5.82 Å². The average molecular weight is 437 g/mol. The minimum atomic E-state index is 0.0101. The van der Waals surface area contributed by atoms with Crippen molar-refractivity contribution in [2.45, 2.75) is 27.4 Å². The molecule has 0 unspecified atom stereocenters. The smallest absolute Gasteiger partial charge is 0.229 e. The first-order chi connectivity index (χ1) is 15.5. The number of piperazine rings is 1. The van der Waals surface area contributed by atoms with Gasteiger partial charge in [0.25, 0.3) is 0 Å². The van der Waals surface area contributed by atoms with Crippen molar-refractivity contribution < 1.29 is 10.2 Å². The third kappa shape index (κ3) is 4.77. The summed E-state index contributed by atoms with van der Waals surface area (Å²) in [5.74, 6) is 1.33. The lowest BCUT2D eigenvalue weighted by atomic mass is 10.1. The highest BCUT2D eigenvalue weighted by Crippen LogP contribution is 2.26. The lowest BCUT2D eigenvalue weighted by Crippen LogP contribution is -2.47. The summed E-state index contributed by atoms with van der Waals surface area (Å²) in [6.07, 6.45) is 5.70. The van der Waals surface area contributed by atoms with Gasteiger partial charge in [0.2, 0.25) is 5.95 Å². The van der Waals surface area contributed by atoms with Crippen molar-refractivity contribution in [2.75, 3.05) is 49.5 Å². The van der Waals surface area contributed by atoms with E-state index in [4.69, 9.17) is 10.1 Å². The number of nitrogens with zero attached hydrogens (tertiary/aromatic N) is 5. The predicted octanol–water partition coefficient (Wildman–Crippen LogP) is 2.54. The molecule has 1 fully saturated rings. The second-order valence-electron chi connectivity index (χ2n) is 8.41. The molecule has 1 aromatic carbocycles. The second kappa shape index (κ2) is 9.68. The van der Waals surface area contributed by atoms with Gasteiger partial charge in [-0.2, -0.15) is 4.98 Å². The fourth-order valence-corrected chi connectivity index (χ4v) is 4.21. The lowest BCUT2D eigenvalue weighted by Gasteiger charge is -2.36. The zero-order valence-electron chi connectivity index (χ0n) is 19.0.